The van der Waals surface area contributed by atoms with Gasteiger partial charge in [-0.2, -0.15) is 0 Å². The molecule has 0 radical (unpaired) electrons. The molecule has 1 N–H and O–H groups in total. The van der Waals surface area contributed by atoms with Gasteiger partial charge in [-0.3, -0.25) is 13.9 Å². The number of nitrogens with one attached hydrogen (secondary N) is 1. The predicted octanol–water partition coefficient (Wildman–Crippen LogP) is 5.79. The number of benzene rings is 3. The van der Waals surface area contributed by atoms with Crippen molar-refractivity contribution in [3.63, 3.8) is 0 Å². The SMILES string of the molecule is CCCNC(=O)C(CC)N(Cc1cccc(C)c1)C(=O)CN(c1ccc(C)c(Cl)c1)S(=O)(=O)c1ccc(C)cc1. The first-order valence-corrected chi connectivity index (χ1v) is 15.3. The van der Waals surface area contributed by atoms with Crippen molar-refractivity contribution in [3.05, 3.63) is 94.0 Å². The molecule has 2 amide bonds. The molecule has 0 fully saturated rings. The van der Waals surface area contributed by atoms with Crippen LogP contribution < -0.4 is 9.62 Å². The van der Waals surface area contributed by atoms with E-state index < -0.39 is 28.5 Å². The molecular formula is C31H38ClN3O4S. The maximum absolute atomic E-state index is 14.1. The Kier molecular flexibility index (Phi) is 10.8. The molecule has 3 aromatic rings. The van der Waals surface area contributed by atoms with E-state index in [0.29, 0.717) is 18.0 Å². The van der Waals surface area contributed by atoms with Gasteiger partial charge in [0.1, 0.15) is 12.6 Å². The second-order valence-electron chi connectivity index (χ2n) is 9.98. The van der Waals surface area contributed by atoms with Crippen molar-refractivity contribution in [2.75, 3.05) is 17.4 Å². The summed E-state index contributed by atoms with van der Waals surface area (Å²) in [6, 6.07) is 18.3. The van der Waals surface area contributed by atoms with Crippen LogP contribution >= 0.6 is 11.6 Å². The molecule has 0 aliphatic rings. The number of rotatable bonds is 12. The second kappa shape index (κ2) is 13.8. The van der Waals surface area contributed by atoms with Crippen molar-refractivity contribution in [2.45, 2.75) is 64.9 Å². The molecule has 0 saturated carbocycles. The van der Waals surface area contributed by atoms with Gasteiger partial charge in [0, 0.05) is 18.1 Å². The lowest BCUT2D eigenvalue weighted by Gasteiger charge is -2.33. The van der Waals surface area contributed by atoms with Crippen LogP contribution in [0.2, 0.25) is 5.02 Å². The van der Waals surface area contributed by atoms with Gasteiger partial charge in [0.25, 0.3) is 10.0 Å². The fourth-order valence-electron chi connectivity index (χ4n) is 4.40. The lowest BCUT2D eigenvalue weighted by atomic mass is 10.1. The summed E-state index contributed by atoms with van der Waals surface area (Å²) < 4.78 is 29.0. The number of sulfonamides is 1. The Bertz CT molecular complexity index is 1440. The lowest BCUT2D eigenvalue weighted by molar-refractivity contribution is -0.140. The van der Waals surface area contributed by atoms with Gasteiger partial charge >= 0.3 is 0 Å². The van der Waals surface area contributed by atoms with Crippen LogP contribution in [0.4, 0.5) is 5.69 Å². The zero-order chi connectivity index (χ0) is 29.4. The first-order valence-electron chi connectivity index (χ1n) is 13.5. The highest BCUT2D eigenvalue weighted by Gasteiger charge is 2.33. The summed E-state index contributed by atoms with van der Waals surface area (Å²) in [7, 11) is -4.15. The van der Waals surface area contributed by atoms with E-state index in [1.54, 1.807) is 30.3 Å². The van der Waals surface area contributed by atoms with Crippen LogP contribution in [0.15, 0.2) is 71.6 Å². The van der Waals surface area contributed by atoms with Crippen LogP contribution in [0, 0.1) is 20.8 Å². The summed E-state index contributed by atoms with van der Waals surface area (Å²) in [5.41, 5.74) is 3.83. The Hall–Kier alpha value is -3.36. The molecule has 1 unspecified atom stereocenters. The summed E-state index contributed by atoms with van der Waals surface area (Å²) in [6.45, 7) is 9.58. The average molecular weight is 584 g/mol. The third-order valence-corrected chi connectivity index (χ3v) is 8.90. The van der Waals surface area contributed by atoms with Gasteiger partial charge in [0.15, 0.2) is 0 Å². The maximum atomic E-state index is 14.1. The van der Waals surface area contributed by atoms with Crippen molar-refractivity contribution in [3.8, 4) is 0 Å². The van der Waals surface area contributed by atoms with Gasteiger partial charge in [-0.15, -0.1) is 0 Å². The van der Waals surface area contributed by atoms with Gasteiger partial charge < -0.3 is 10.2 Å². The van der Waals surface area contributed by atoms with Crippen molar-refractivity contribution in [1.82, 2.24) is 10.2 Å². The third-order valence-electron chi connectivity index (χ3n) is 6.70. The van der Waals surface area contributed by atoms with Crippen LogP contribution in [-0.4, -0.2) is 44.3 Å². The topological polar surface area (TPSA) is 86.8 Å². The van der Waals surface area contributed by atoms with Crippen molar-refractivity contribution < 1.29 is 18.0 Å². The highest BCUT2D eigenvalue weighted by molar-refractivity contribution is 7.92. The van der Waals surface area contributed by atoms with Gasteiger partial charge in [-0.05, 0) is 69.0 Å². The number of halogens is 1. The molecule has 0 aliphatic carbocycles. The monoisotopic (exact) mass is 583 g/mol. The number of carbonyl (C=O) groups is 2. The van der Waals surface area contributed by atoms with E-state index >= 15 is 0 Å². The summed E-state index contributed by atoms with van der Waals surface area (Å²) >= 11 is 6.39. The quantitative estimate of drug-likeness (QED) is 0.292. The molecule has 0 aromatic heterocycles. The Morgan fingerprint density at radius 2 is 1.62 bits per heavy atom. The highest BCUT2D eigenvalue weighted by Crippen LogP contribution is 2.29. The van der Waals surface area contributed by atoms with E-state index in [9.17, 15) is 18.0 Å². The van der Waals surface area contributed by atoms with Gasteiger partial charge in [0.2, 0.25) is 11.8 Å². The lowest BCUT2D eigenvalue weighted by Crippen LogP contribution is -2.52. The van der Waals surface area contributed by atoms with E-state index in [1.165, 1.54) is 17.0 Å². The van der Waals surface area contributed by atoms with Crippen molar-refractivity contribution >= 4 is 39.1 Å². The largest absolute Gasteiger partial charge is 0.354 e. The molecule has 7 nitrogen and oxygen atoms in total. The first-order chi connectivity index (χ1) is 19.0. The summed E-state index contributed by atoms with van der Waals surface area (Å²) in [6.07, 6.45) is 1.12. The standard InChI is InChI=1S/C31H38ClN3O4S/c1-6-17-33-31(37)29(7-2)34(20-25-10-8-9-23(4)18-25)30(36)21-35(26-14-13-24(5)28(32)19-26)40(38,39)27-15-11-22(3)12-16-27/h8-16,18-19,29H,6-7,17,20-21H2,1-5H3,(H,33,37). The minimum Gasteiger partial charge on any atom is -0.354 e. The number of hydrogen-bond acceptors (Lipinski definition) is 4. The number of carbonyl (C=O) groups excluding carboxylic acids is 2. The van der Waals surface area contributed by atoms with E-state index in [4.69, 9.17) is 11.6 Å². The van der Waals surface area contributed by atoms with E-state index in [-0.39, 0.29) is 23.0 Å². The minimum absolute atomic E-state index is 0.0561. The van der Waals surface area contributed by atoms with E-state index in [2.05, 4.69) is 5.32 Å². The normalized spacial score (nSPS) is 12.1. The third kappa shape index (κ3) is 7.64. The zero-order valence-electron chi connectivity index (χ0n) is 23.8. The molecule has 9 heteroatoms. The zero-order valence-corrected chi connectivity index (χ0v) is 25.3. The maximum Gasteiger partial charge on any atom is 0.264 e. The summed E-state index contributed by atoms with van der Waals surface area (Å²) in [5.74, 6) is -0.760. The molecule has 3 rings (SSSR count). The predicted molar refractivity (Wildman–Crippen MR) is 161 cm³/mol. The number of anilines is 1. The number of nitrogens with zero attached hydrogens (tertiary/aromatic N) is 2. The minimum atomic E-state index is -4.15. The van der Waals surface area contributed by atoms with E-state index in [0.717, 1.165) is 33.0 Å². The number of aryl methyl sites for hydroxylation is 3. The van der Waals surface area contributed by atoms with Gasteiger partial charge in [-0.25, -0.2) is 8.42 Å². The van der Waals surface area contributed by atoms with Crippen LogP contribution in [-0.2, 0) is 26.2 Å². The first kappa shape index (κ1) is 31.2. The fourth-order valence-corrected chi connectivity index (χ4v) is 5.98. The molecule has 40 heavy (non-hydrogen) atoms. The van der Waals surface area contributed by atoms with Crippen LogP contribution in [0.25, 0.3) is 0 Å². The Balaban J connectivity index is 2.08. The van der Waals surface area contributed by atoms with Crippen LogP contribution in [0.5, 0.6) is 0 Å². The highest BCUT2D eigenvalue weighted by atomic mass is 35.5. The molecular weight excluding hydrogens is 546 g/mol. The molecule has 0 heterocycles. The summed E-state index contributed by atoms with van der Waals surface area (Å²) in [5, 5.41) is 3.28. The fraction of sp³-hybridized carbons (Fsp3) is 0.355. The Morgan fingerprint density at radius 1 is 0.925 bits per heavy atom. The molecule has 1 atom stereocenters. The molecule has 0 bridgehead atoms. The Morgan fingerprint density at radius 3 is 2.23 bits per heavy atom. The van der Waals surface area contributed by atoms with Crippen molar-refractivity contribution in [2.24, 2.45) is 0 Å². The molecule has 3 aromatic carbocycles. The van der Waals surface area contributed by atoms with Crippen molar-refractivity contribution in [1.29, 1.82) is 0 Å². The summed E-state index contributed by atoms with van der Waals surface area (Å²) in [4.78, 5) is 28.8. The van der Waals surface area contributed by atoms with Gasteiger partial charge in [0.05, 0.1) is 10.6 Å². The Labute approximate surface area is 243 Å². The molecule has 0 saturated heterocycles. The average Bonchev–Trinajstić information content (AvgIpc) is 2.92. The number of amides is 2. The van der Waals surface area contributed by atoms with Crippen LogP contribution in [0.1, 0.15) is 48.9 Å². The van der Waals surface area contributed by atoms with Gasteiger partial charge in [-0.1, -0.05) is 79.0 Å². The molecule has 214 valence electrons. The van der Waals surface area contributed by atoms with E-state index in [1.807, 2.05) is 58.9 Å². The smallest absolute Gasteiger partial charge is 0.264 e. The van der Waals surface area contributed by atoms with Crippen LogP contribution in [0.3, 0.4) is 0 Å². The second-order valence-corrected chi connectivity index (χ2v) is 12.3. The number of hydrogen-bond donors (Lipinski definition) is 1. The molecule has 0 aliphatic heterocycles. The molecule has 0 spiro atoms.